The number of nitrogens with one attached hydrogen (secondary N) is 1. The van der Waals surface area contributed by atoms with Crippen LogP contribution in [0.3, 0.4) is 0 Å². The molecule has 1 rings (SSSR count). The Kier molecular flexibility index (Phi) is 5.05. The Balaban J connectivity index is 2.08. The Labute approximate surface area is 92.2 Å². The highest BCUT2D eigenvalue weighted by Gasteiger charge is 2.15. The highest BCUT2D eigenvalue weighted by atomic mass is 16.2. The van der Waals surface area contributed by atoms with Gasteiger partial charge in [-0.05, 0) is 38.8 Å². The molecule has 4 nitrogen and oxygen atoms in total. The van der Waals surface area contributed by atoms with Crippen LogP contribution in [-0.2, 0) is 4.79 Å². The van der Waals surface area contributed by atoms with Gasteiger partial charge in [0, 0.05) is 13.1 Å². The number of nitrogens with two attached hydrogens (primary N) is 1. The lowest BCUT2D eigenvalue weighted by molar-refractivity contribution is -0.122. The lowest BCUT2D eigenvalue weighted by Gasteiger charge is -2.30. The third-order valence-corrected chi connectivity index (χ3v) is 3.02. The number of hydrogen-bond donors (Lipinski definition) is 2. The molecule has 1 saturated heterocycles. The fourth-order valence-electron chi connectivity index (χ4n) is 1.78. The highest BCUT2D eigenvalue weighted by Crippen LogP contribution is 2.14. The number of piperidine rings is 1. The molecule has 0 radical (unpaired) electrons. The first-order chi connectivity index (χ1) is 7.09. The predicted octanol–water partition coefficient (Wildman–Crippen LogP) is 0.182. The van der Waals surface area contributed by atoms with E-state index >= 15 is 0 Å². The minimum absolute atomic E-state index is 0.0552. The van der Waals surface area contributed by atoms with Crippen molar-refractivity contribution in [2.75, 3.05) is 26.2 Å². The number of rotatable bonds is 4. The van der Waals surface area contributed by atoms with Crippen LogP contribution in [0.25, 0.3) is 0 Å². The summed E-state index contributed by atoms with van der Waals surface area (Å²) in [5, 5.41) is 2.84. The fourth-order valence-corrected chi connectivity index (χ4v) is 1.78. The van der Waals surface area contributed by atoms with E-state index in [0.717, 1.165) is 32.1 Å². The minimum atomic E-state index is -0.397. The second-order valence-electron chi connectivity index (χ2n) is 4.60. The van der Waals surface area contributed by atoms with Crippen molar-refractivity contribution in [3.63, 3.8) is 0 Å². The van der Waals surface area contributed by atoms with E-state index in [1.165, 1.54) is 12.8 Å². The van der Waals surface area contributed by atoms with E-state index < -0.39 is 6.04 Å². The van der Waals surface area contributed by atoms with Crippen LogP contribution in [-0.4, -0.2) is 43.0 Å². The average molecular weight is 213 g/mol. The molecule has 1 amide bonds. The van der Waals surface area contributed by atoms with Crippen molar-refractivity contribution in [1.29, 1.82) is 0 Å². The summed E-state index contributed by atoms with van der Waals surface area (Å²) in [7, 11) is 0. The van der Waals surface area contributed by atoms with Gasteiger partial charge < -0.3 is 16.0 Å². The zero-order chi connectivity index (χ0) is 11.3. The monoisotopic (exact) mass is 213 g/mol. The maximum Gasteiger partial charge on any atom is 0.236 e. The van der Waals surface area contributed by atoms with Crippen LogP contribution >= 0.6 is 0 Å². The molecule has 4 heteroatoms. The summed E-state index contributed by atoms with van der Waals surface area (Å²) in [6, 6.07) is -0.397. The first kappa shape index (κ1) is 12.5. The van der Waals surface area contributed by atoms with Crippen LogP contribution in [0.5, 0.6) is 0 Å². The molecule has 0 unspecified atom stereocenters. The van der Waals surface area contributed by atoms with Crippen molar-refractivity contribution in [1.82, 2.24) is 10.2 Å². The molecule has 0 spiro atoms. The molecule has 0 aliphatic carbocycles. The zero-order valence-corrected chi connectivity index (χ0v) is 9.83. The van der Waals surface area contributed by atoms with Gasteiger partial charge in [-0.25, -0.2) is 0 Å². The summed E-state index contributed by atoms with van der Waals surface area (Å²) in [6.45, 7) is 8.00. The molecule has 0 saturated carbocycles. The second-order valence-corrected chi connectivity index (χ2v) is 4.60. The van der Waals surface area contributed by atoms with Gasteiger partial charge in [-0.3, -0.25) is 4.79 Å². The van der Waals surface area contributed by atoms with Gasteiger partial charge in [0.1, 0.15) is 0 Å². The van der Waals surface area contributed by atoms with Gasteiger partial charge in [0.05, 0.1) is 6.04 Å². The normalized spacial score (nSPS) is 21.3. The van der Waals surface area contributed by atoms with E-state index in [1.54, 1.807) is 6.92 Å². The largest absolute Gasteiger partial charge is 0.353 e. The van der Waals surface area contributed by atoms with E-state index in [9.17, 15) is 4.79 Å². The van der Waals surface area contributed by atoms with Crippen LogP contribution in [0.15, 0.2) is 0 Å². The predicted molar refractivity (Wildman–Crippen MR) is 61.5 cm³/mol. The molecule has 1 fully saturated rings. The first-order valence-corrected chi connectivity index (χ1v) is 5.85. The number of amides is 1. The standard InChI is InChI=1S/C11H23N3O/c1-9-3-6-14(7-4-9)8-5-13-11(15)10(2)12/h9-10H,3-8,12H2,1-2H3,(H,13,15)/t10-/m0/s1. The Morgan fingerprint density at radius 2 is 2.13 bits per heavy atom. The van der Waals surface area contributed by atoms with Gasteiger partial charge in [-0.15, -0.1) is 0 Å². The third kappa shape index (κ3) is 4.62. The van der Waals surface area contributed by atoms with Crippen molar-refractivity contribution < 1.29 is 4.79 Å². The van der Waals surface area contributed by atoms with E-state index in [-0.39, 0.29) is 5.91 Å². The Morgan fingerprint density at radius 3 is 2.67 bits per heavy atom. The Hall–Kier alpha value is -0.610. The van der Waals surface area contributed by atoms with Crippen LogP contribution in [0.2, 0.25) is 0 Å². The fraction of sp³-hybridized carbons (Fsp3) is 0.909. The van der Waals surface area contributed by atoms with E-state index in [0.29, 0.717) is 0 Å². The van der Waals surface area contributed by atoms with Crippen LogP contribution < -0.4 is 11.1 Å². The van der Waals surface area contributed by atoms with Gasteiger partial charge in [-0.1, -0.05) is 6.92 Å². The summed E-state index contributed by atoms with van der Waals surface area (Å²) < 4.78 is 0. The van der Waals surface area contributed by atoms with Gasteiger partial charge >= 0.3 is 0 Å². The van der Waals surface area contributed by atoms with Crippen molar-refractivity contribution >= 4 is 5.91 Å². The molecule has 0 aromatic rings. The number of likely N-dealkylation sites (tertiary alicyclic amines) is 1. The maximum absolute atomic E-state index is 11.2. The van der Waals surface area contributed by atoms with Crippen LogP contribution in [0, 0.1) is 5.92 Å². The lowest BCUT2D eigenvalue weighted by atomic mass is 9.99. The molecular formula is C11H23N3O. The van der Waals surface area contributed by atoms with Gasteiger partial charge in [0.25, 0.3) is 0 Å². The number of carbonyl (C=O) groups excluding carboxylic acids is 1. The summed E-state index contributed by atoms with van der Waals surface area (Å²) in [5.74, 6) is 0.806. The minimum Gasteiger partial charge on any atom is -0.353 e. The molecule has 0 aromatic carbocycles. The number of hydrogen-bond acceptors (Lipinski definition) is 3. The van der Waals surface area contributed by atoms with Crippen molar-refractivity contribution in [2.45, 2.75) is 32.7 Å². The zero-order valence-electron chi connectivity index (χ0n) is 9.83. The van der Waals surface area contributed by atoms with Crippen molar-refractivity contribution in [3.8, 4) is 0 Å². The topological polar surface area (TPSA) is 58.4 Å². The van der Waals surface area contributed by atoms with E-state index in [2.05, 4.69) is 17.1 Å². The summed E-state index contributed by atoms with van der Waals surface area (Å²) in [6.07, 6.45) is 2.56. The van der Waals surface area contributed by atoms with Crippen molar-refractivity contribution in [2.24, 2.45) is 11.7 Å². The smallest absolute Gasteiger partial charge is 0.236 e. The summed E-state index contributed by atoms with van der Waals surface area (Å²) in [5.41, 5.74) is 5.45. The second kappa shape index (κ2) is 6.08. The van der Waals surface area contributed by atoms with E-state index in [1.807, 2.05) is 0 Å². The first-order valence-electron chi connectivity index (χ1n) is 5.85. The van der Waals surface area contributed by atoms with E-state index in [4.69, 9.17) is 5.73 Å². The molecule has 3 N–H and O–H groups in total. The summed E-state index contributed by atoms with van der Waals surface area (Å²) >= 11 is 0. The molecule has 88 valence electrons. The molecule has 1 atom stereocenters. The molecule has 15 heavy (non-hydrogen) atoms. The van der Waals surface area contributed by atoms with Gasteiger partial charge in [0.2, 0.25) is 5.91 Å². The summed E-state index contributed by atoms with van der Waals surface area (Å²) in [4.78, 5) is 13.6. The average Bonchev–Trinajstić information content (AvgIpc) is 2.20. The van der Waals surface area contributed by atoms with Gasteiger partial charge in [0.15, 0.2) is 0 Å². The maximum atomic E-state index is 11.2. The quantitative estimate of drug-likeness (QED) is 0.700. The number of carbonyl (C=O) groups is 1. The number of nitrogens with zero attached hydrogens (tertiary/aromatic N) is 1. The van der Waals surface area contributed by atoms with Crippen LogP contribution in [0.1, 0.15) is 26.7 Å². The molecule has 1 heterocycles. The third-order valence-electron chi connectivity index (χ3n) is 3.02. The lowest BCUT2D eigenvalue weighted by Crippen LogP contribution is -2.43. The molecule has 0 aromatic heterocycles. The van der Waals surface area contributed by atoms with Gasteiger partial charge in [-0.2, -0.15) is 0 Å². The molecule has 1 aliphatic heterocycles. The van der Waals surface area contributed by atoms with Crippen molar-refractivity contribution in [3.05, 3.63) is 0 Å². The Bertz CT molecular complexity index is 198. The SMILES string of the molecule is CC1CCN(CCNC(=O)[C@H](C)N)CC1. The molecular weight excluding hydrogens is 190 g/mol. The van der Waals surface area contributed by atoms with Crippen LogP contribution in [0.4, 0.5) is 0 Å². The molecule has 1 aliphatic rings. The highest BCUT2D eigenvalue weighted by molar-refractivity contribution is 5.80. The molecule has 0 bridgehead atoms. The Morgan fingerprint density at radius 1 is 1.53 bits per heavy atom.